The van der Waals surface area contributed by atoms with Gasteiger partial charge in [-0.25, -0.2) is 4.79 Å². The van der Waals surface area contributed by atoms with Gasteiger partial charge in [-0.15, -0.1) is 5.10 Å². The van der Waals surface area contributed by atoms with Gasteiger partial charge in [0.05, 0.1) is 30.4 Å². The number of carbonyl (C=O) groups excluding carboxylic acids is 1. The highest BCUT2D eigenvalue weighted by atomic mass is 16.6. The number of H-pyrrole nitrogens is 1. The van der Waals surface area contributed by atoms with Crippen molar-refractivity contribution in [2.75, 3.05) is 26.3 Å². The van der Waals surface area contributed by atoms with E-state index >= 15 is 0 Å². The van der Waals surface area contributed by atoms with E-state index < -0.39 is 12.0 Å². The molecule has 1 atom stereocenters. The smallest absolute Gasteiger partial charge is 0.415 e. The number of benzene rings is 2. The summed E-state index contributed by atoms with van der Waals surface area (Å²) in [6.45, 7) is 2.00. The van der Waals surface area contributed by atoms with E-state index in [1.54, 1.807) is 17.0 Å². The third-order valence-electron chi connectivity index (χ3n) is 5.69. The van der Waals surface area contributed by atoms with Gasteiger partial charge >= 0.3 is 6.09 Å². The maximum absolute atomic E-state index is 12.4. The zero-order valence-corrected chi connectivity index (χ0v) is 17.7. The molecule has 2 aliphatic heterocycles. The summed E-state index contributed by atoms with van der Waals surface area (Å²) in [6.07, 6.45) is -0.414. The van der Waals surface area contributed by atoms with Gasteiger partial charge in [-0.3, -0.25) is 5.10 Å². The Kier molecular flexibility index (Phi) is 5.42. The van der Waals surface area contributed by atoms with Crippen LogP contribution < -0.4 is 15.2 Å². The second-order valence-corrected chi connectivity index (χ2v) is 7.64. The molecule has 0 spiro atoms. The maximum atomic E-state index is 12.4. The van der Waals surface area contributed by atoms with Gasteiger partial charge < -0.3 is 24.8 Å². The lowest BCUT2D eigenvalue weighted by atomic mass is 9.83. The van der Waals surface area contributed by atoms with Crippen molar-refractivity contribution in [2.45, 2.75) is 5.92 Å². The molecule has 9 nitrogen and oxygen atoms in total. The molecule has 3 heterocycles. The predicted octanol–water partition coefficient (Wildman–Crippen LogP) is 3.13. The number of ether oxygens (including phenoxy) is 3. The topological polar surface area (TPSA) is 126 Å². The second kappa shape index (κ2) is 8.68. The minimum Gasteiger partial charge on any atom is -0.420 e. The van der Waals surface area contributed by atoms with Crippen LogP contribution in [0.15, 0.2) is 66.1 Å². The number of rotatable bonds is 3. The summed E-state index contributed by atoms with van der Waals surface area (Å²) in [4.78, 5) is 14.0. The first-order valence-corrected chi connectivity index (χ1v) is 10.5. The van der Waals surface area contributed by atoms with Crippen molar-refractivity contribution >= 4 is 6.09 Å². The molecule has 5 rings (SSSR count). The van der Waals surface area contributed by atoms with Crippen LogP contribution in [0.3, 0.4) is 0 Å². The van der Waals surface area contributed by atoms with E-state index in [1.165, 1.54) is 0 Å². The second-order valence-electron chi connectivity index (χ2n) is 7.64. The summed E-state index contributed by atoms with van der Waals surface area (Å²) in [5.74, 6) is 0.271. The van der Waals surface area contributed by atoms with E-state index in [0.29, 0.717) is 43.5 Å². The van der Waals surface area contributed by atoms with Gasteiger partial charge in [0.1, 0.15) is 17.4 Å². The molecule has 166 valence electrons. The molecule has 3 N–H and O–H groups in total. The SMILES string of the molecule is N#CC1=C(N)Oc2n[nH]c(-c3ccccc3)c2C1c1ccc(OC(=O)N2CCOCC2)cc1. The van der Waals surface area contributed by atoms with Gasteiger partial charge in [-0.1, -0.05) is 42.5 Å². The van der Waals surface area contributed by atoms with Crippen LogP contribution >= 0.6 is 0 Å². The first kappa shape index (κ1) is 20.6. The number of amides is 1. The standard InChI is InChI=1S/C24H21N5O4/c25-14-18-19(15-6-8-17(9-7-15)32-24(30)29-10-12-31-13-11-29)20-21(16-4-2-1-3-5-16)27-28-23(20)33-22(18)26/h1-9,19H,10-13,26H2,(H,27,28). The molecule has 1 aromatic heterocycles. The first-order chi connectivity index (χ1) is 16.2. The van der Waals surface area contributed by atoms with Gasteiger partial charge in [0, 0.05) is 13.1 Å². The molecule has 0 bridgehead atoms. The zero-order valence-electron chi connectivity index (χ0n) is 17.7. The fourth-order valence-corrected chi connectivity index (χ4v) is 4.04. The number of aromatic amines is 1. The molecule has 9 heteroatoms. The summed E-state index contributed by atoms with van der Waals surface area (Å²) in [6, 6.07) is 18.9. The number of morpholine rings is 1. The van der Waals surface area contributed by atoms with Crippen molar-refractivity contribution < 1.29 is 19.0 Å². The van der Waals surface area contributed by atoms with Gasteiger partial charge in [-0.2, -0.15) is 5.26 Å². The van der Waals surface area contributed by atoms with E-state index in [-0.39, 0.29) is 5.88 Å². The van der Waals surface area contributed by atoms with Crippen molar-refractivity contribution in [1.82, 2.24) is 15.1 Å². The number of hydrogen-bond donors (Lipinski definition) is 2. The Labute approximate surface area is 190 Å². The van der Waals surface area contributed by atoms with Gasteiger partial charge in [-0.05, 0) is 23.3 Å². The van der Waals surface area contributed by atoms with Crippen LogP contribution in [0.5, 0.6) is 11.6 Å². The Morgan fingerprint density at radius 2 is 1.88 bits per heavy atom. The third kappa shape index (κ3) is 3.88. The Morgan fingerprint density at radius 1 is 1.15 bits per heavy atom. The largest absolute Gasteiger partial charge is 0.420 e. The third-order valence-corrected chi connectivity index (χ3v) is 5.69. The lowest BCUT2D eigenvalue weighted by Gasteiger charge is -2.26. The predicted molar refractivity (Wildman–Crippen MR) is 118 cm³/mol. The van der Waals surface area contributed by atoms with E-state index in [0.717, 1.165) is 22.4 Å². The zero-order chi connectivity index (χ0) is 22.8. The molecule has 1 unspecified atom stereocenters. The first-order valence-electron chi connectivity index (χ1n) is 10.5. The Morgan fingerprint density at radius 3 is 2.58 bits per heavy atom. The van der Waals surface area contributed by atoms with Crippen LogP contribution in [0, 0.1) is 11.3 Å². The molecule has 0 aliphatic carbocycles. The fourth-order valence-electron chi connectivity index (χ4n) is 4.04. The molecular formula is C24H21N5O4. The molecule has 33 heavy (non-hydrogen) atoms. The number of nitrogens with one attached hydrogen (secondary N) is 1. The number of hydrogen-bond acceptors (Lipinski definition) is 7. The number of nitriles is 1. The summed E-state index contributed by atoms with van der Waals surface area (Å²) in [7, 11) is 0. The van der Waals surface area contributed by atoms with E-state index in [9.17, 15) is 10.1 Å². The van der Waals surface area contributed by atoms with E-state index in [4.69, 9.17) is 19.9 Å². The fraction of sp³-hybridized carbons (Fsp3) is 0.208. The molecule has 0 radical (unpaired) electrons. The monoisotopic (exact) mass is 443 g/mol. The van der Waals surface area contributed by atoms with Crippen molar-refractivity contribution in [3.63, 3.8) is 0 Å². The van der Waals surface area contributed by atoms with E-state index in [2.05, 4.69) is 16.3 Å². The van der Waals surface area contributed by atoms with Gasteiger partial charge in [0.2, 0.25) is 11.8 Å². The molecule has 0 saturated carbocycles. The average Bonchev–Trinajstić information content (AvgIpc) is 3.28. The highest BCUT2D eigenvalue weighted by molar-refractivity contribution is 5.72. The molecular weight excluding hydrogens is 422 g/mol. The van der Waals surface area contributed by atoms with Crippen molar-refractivity contribution in [1.29, 1.82) is 5.26 Å². The summed E-state index contributed by atoms with van der Waals surface area (Å²) >= 11 is 0. The lowest BCUT2D eigenvalue weighted by molar-refractivity contribution is 0.0416. The summed E-state index contributed by atoms with van der Waals surface area (Å²) in [5, 5.41) is 17.2. The van der Waals surface area contributed by atoms with Crippen LogP contribution in [0.4, 0.5) is 4.79 Å². The Bertz CT molecular complexity index is 1240. The minimum absolute atomic E-state index is 0.0175. The van der Waals surface area contributed by atoms with Crippen molar-refractivity contribution in [2.24, 2.45) is 5.73 Å². The Hall–Kier alpha value is -4.29. The van der Waals surface area contributed by atoms with Crippen LogP contribution in [0.1, 0.15) is 17.0 Å². The highest BCUT2D eigenvalue weighted by Crippen LogP contribution is 2.45. The van der Waals surface area contributed by atoms with Crippen LogP contribution in [-0.2, 0) is 4.74 Å². The molecule has 1 fully saturated rings. The van der Waals surface area contributed by atoms with Gasteiger partial charge in [0.15, 0.2) is 0 Å². The summed E-state index contributed by atoms with van der Waals surface area (Å²) < 4.78 is 16.4. The normalized spacial score (nSPS) is 17.7. The number of nitrogens with two attached hydrogens (primary N) is 1. The molecule has 2 aliphatic rings. The molecule has 1 amide bonds. The average molecular weight is 443 g/mol. The van der Waals surface area contributed by atoms with E-state index in [1.807, 2.05) is 42.5 Å². The minimum atomic E-state index is -0.489. The molecule has 3 aromatic rings. The van der Waals surface area contributed by atoms with Crippen molar-refractivity contribution in [3.8, 4) is 29.0 Å². The van der Waals surface area contributed by atoms with Gasteiger partial charge in [0.25, 0.3) is 0 Å². The number of allylic oxidation sites excluding steroid dienone is 1. The van der Waals surface area contributed by atoms with Crippen LogP contribution in [0.25, 0.3) is 11.3 Å². The number of nitrogens with zero attached hydrogens (tertiary/aromatic N) is 3. The quantitative estimate of drug-likeness (QED) is 0.637. The van der Waals surface area contributed by atoms with Crippen molar-refractivity contribution in [3.05, 3.63) is 77.2 Å². The lowest BCUT2D eigenvalue weighted by Crippen LogP contribution is -2.42. The molecule has 2 aromatic carbocycles. The molecule has 1 saturated heterocycles. The highest BCUT2D eigenvalue weighted by Gasteiger charge is 2.35. The maximum Gasteiger partial charge on any atom is 0.415 e. The summed E-state index contributed by atoms with van der Waals surface area (Å²) in [5.41, 5.74) is 9.53. The number of fused-ring (bicyclic) bond motifs is 1. The Balaban J connectivity index is 1.48. The number of aromatic nitrogens is 2. The van der Waals surface area contributed by atoms with Crippen LogP contribution in [-0.4, -0.2) is 47.5 Å². The van der Waals surface area contributed by atoms with Crippen LogP contribution in [0.2, 0.25) is 0 Å². The number of carbonyl (C=O) groups is 1.